The SMILES string of the molecule is Cc1cc2c(ccn2C(=O)OC(C)(C)C)c(-c2ncc3c(N4C[C@H]5CC[C@@H](C4)N5C(=O)OC(C)(C)C)nc(OCC45CCCN4CCC5)nc3c2F)c1C. The number of ether oxygens (including phenoxy) is 3. The molecule has 4 saturated heterocycles. The topological polar surface area (TPSA) is 115 Å². The van der Waals surface area contributed by atoms with Crippen LogP contribution in [0.3, 0.4) is 0 Å². The van der Waals surface area contributed by atoms with Gasteiger partial charge < -0.3 is 19.1 Å². The molecular formula is C41H52FN7O5. The van der Waals surface area contributed by atoms with E-state index in [2.05, 4.69) is 9.80 Å². The molecule has 4 fully saturated rings. The van der Waals surface area contributed by atoms with Gasteiger partial charge in [-0.25, -0.2) is 14.0 Å². The summed E-state index contributed by atoms with van der Waals surface area (Å²) in [6, 6.07) is 3.70. The molecule has 1 amide bonds. The standard InChI is InChI=1S/C41H52FN7O5/c1-24-19-30-28(13-18-48(30)37(50)53-39(3,4)5)31(25(24)2)34-32(42)33-29(20-43-34)35(45-36(44-33)52-23-41-14-9-16-47(41)17-10-15-41)46-21-26-11-12-27(22-46)49(26)38(51)54-40(6,7)8/h13,18-20,26-27H,9-12,14-17,21-23H2,1-8H3/t26-,27+. The van der Waals surface area contributed by atoms with Crippen molar-refractivity contribution in [2.45, 2.75) is 123 Å². The molecule has 13 heteroatoms. The Kier molecular flexibility index (Phi) is 8.82. The third kappa shape index (κ3) is 6.41. The zero-order chi connectivity index (χ0) is 38.3. The first-order valence-corrected chi connectivity index (χ1v) is 19.4. The van der Waals surface area contributed by atoms with Crippen molar-refractivity contribution in [3.63, 3.8) is 0 Å². The summed E-state index contributed by atoms with van der Waals surface area (Å²) in [6.45, 7) is 18.6. The minimum atomic E-state index is -0.686. The second-order valence-electron chi connectivity index (χ2n) is 17.7. The van der Waals surface area contributed by atoms with Crippen molar-refractivity contribution >= 4 is 39.8 Å². The van der Waals surface area contributed by atoms with Crippen molar-refractivity contribution in [3.8, 4) is 17.3 Å². The van der Waals surface area contributed by atoms with E-state index >= 15 is 4.39 Å². The molecule has 4 aliphatic rings. The summed E-state index contributed by atoms with van der Waals surface area (Å²) in [4.78, 5) is 47.6. The maximum Gasteiger partial charge on any atom is 0.418 e. The number of hydrogen-bond acceptors (Lipinski definition) is 10. The lowest BCUT2D eigenvalue weighted by molar-refractivity contribution is 0.0122. The summed E-state index contributed by atoms with van der Waals surface area (Å²) in [5, 5.41) is 1.15. The number of benzene rings is 1. The van der Waals surface area contributed by atoms with Crippen LogP contribution in [-0.4, -0.2) is 103 Å². The van der Waals surface area contributed by atoms with Crippen LogP contribution in [0.15, 0.2) is 24.5 Å². The Morgan fingerprint density at radius 3 is 2.22 bits per heavy atom. The van der Waals surface area contributed by atoms with Gasteiger partial charge in [-0.2, -0.15) is 9.97 Å². The molecule has 2 bridgehead atoms. The number of nitrogens with zero attached hydrogens (tertiary/aromatic N) is 7. The number of anilines is 1. The number of carbonyl (C=O) groups is 2. The Morgan fingerprint density at radius 2 is 1.57 bits per heavy atom. The van der Waals surface area contributed by atoms with Gasteiger partial charge in [-0.1, -0.05) is 0 Å². The predicted molar refractivity (Wildman–Crippen MR) is 205 cm³/mol. The van der Waals surface area contributed by atoms with Crippen LogP contribution in [0.4, 0.5) is 19.8 Å². The van der Waals surface area contributed by atoms with E-state index in [1.54, 1.807) is 18.5 Å². The van der Waals surface area contributed by atoms with Crippen LogP contribution in [0, 0.1) is 19.7 Å². The summed E-state index contributed by atoms with van der Waals surface area (Å²) < 4.78 is 36.8. The molecule has 4 aliphatic heterocycles. The molecule has 0 radical (unpaired) electrons. The molecule has 0 saturated carbocycles. The molecule has 8 rings (SSSR count). The van der Waals surface area contributed by atoms with Gasteiger partial charge in [0.1, 0.15) is 34.8 Å². The van der Waals surface area contributed by atoms with Crippen LogP contribution in [0.1, 0.15) is 91.2 Å². The van der Waals surface area contributed by atoms with Gasteiger partial charge in [0.25, 0.3) is 0 Å². The Balaban J connectivity index is 1.22. The van der Waals surface area contributed by atoms with Crippen molar-refractivity contribution in [3.05, 3.63) is 41.5 Å². The molecule has 2 atom stereocenters. The zero-order valence-electron chi connectivity index (χ0n) is 32.8. The van der Waals surface area contributed by atoms with Crippen LogP contribution in [0.25, 0.3) is 33.1 Å². The van der Waals surface area contributed by atoms with E-state index in [0.29, 0.717) is 47.4 Å². The van der Waals surface area contributed by atoms with Gasteiger partial charge in [-0.15, -0.1) is 0 Å². The summed E-state index contributed by atoms with van der Waals surface area (Å²) >= 11 is 0. The number of halogens is 1. The molecule has 3 aromatic heterocycles. The average molecular weight is 742 g/mol. The zero-order valence-corrected chi connectivity index (χ0v) is 32.8. The number of aryl methyl sites for hydroxylation is 1. The average Bonchev–Trinajstić information content (AvgIpc) is 3.85. The van der Waals surface area contributed by atoms with Crippen molar-refractivity contribution in [2.75, 3.05) is 37.7 Å². The van der Waals surface area contributed by atoms with E-state index in [9.17, 15) is 9.59 Å². The fraction of sp³-hybridized carbons (Fsp3) is 0.585. The number of fused-ring (bicyclic) bond motifs is 5. The molecule has 12 nitrogen and oxygen atoms in total. The fourth-order valence-electron chi connectivity index (χ4n) is 9.14. The van der Waals surface area contributed by atoms with Gasteiger partial charge in [0.15, 0.2) is 5.82 Å². The van der Waals surface area contributed by atoms with Crippen LogP contribution < -0.4 is 9.64 Å². The van der Waals surface area contributed by atoms with Crippen molar-refractivity contribution in [1.29, 1.82) is 0 Å². The van der Waals surface area contributed by atoms with Crippen LogP contribution in [0.5, 0.6) is 6.01 Å². The molecule has 0 N–H and O–H groups in total. The van der Waals surface area contributed by atoms with E-state index in [-0.39, 0.29) is 40.9 Å². The molecule has 7 heterocycles. The maximum absolute atomic E-state index is 17.4. The van der Waals surface area contributed by atoms with Crippen molar-refractivity contribution < 1.29 is 28.2 Å². The number of hydrogen-bond donors (Lipinski definition) is 0. The largest absolute Gasteiger partial charge is 0.461 e. The number of carbonyl (C=O) groups excluding carboxylic acids is 2. The highest BCUT2D eigenvalue weighted by Gasteiger charge is 2.46. The minimum absolute atomic E-state index is 0.0514. The summed E-state index contributed by atoms with van der Waals surface area (Å²) in [6.07, 6.45) is 8.54. The molecule has 288 valence electrons. The van der Waals surface area contributed by atoms with Crippen LogP contribution >= 0.6 is 0 Å². The predicted octanol–water partition coefficient (Wildman–Crippen LogP) is 7.78. The molecule has 0 spiro atoms. The highest BCUT2D eigenvalue weighted by Crippen LogP contribution is 2.42. The molecule has 0 unspecified atom stereocenters. The molecule has 54 heavy (non-hydrogen) atoms. The van der Waals surface area contributed by atoms with Crippen LogP contribution in [0.2, 0.25) is 0 Å². The number of rotatable bonds is 5. The van der Waals surface area contributed by atoms with Gasteiger partial charge in [-0.3, -0.25) is 19.4 Å². The van der Waals surface area contributed by atoms with Gasteiger partial charge >= 0.3 is 18.2 Å². The minimum Gasteiger partial charge on any atom is -0.461 e. The van der Waals surface area contributed by atoms with Crippen LogP contribution in [-0.2, 0) is 9.47 Å². The second-order valence-corrected chi connectivity index (χ2v) is 17.7. The number of pyridine rings is 1. The normalized spacial score (nSPS) is 21.3. The Hall–Kier alpha value is -4.52. The molecule has 4 aromatic rings. The third-order valence-corrected chi connectivity index (χ3v) is 11.7. The Morgan fingerprint density at radius 1 is 0.926 bits per heavy atom. The summed E-state index contributed by atoms with van der Waals surface area (Å²) in [5.74, 6) is -0.0408. The second kappa shape index (κ2) is 13.1. The van der Waals surface area contributed by atoms with E-state index in [1.807, 2.05) is 66.4 Å². The van der Waals surface area contributed by atoms with Gasteiger partial charge in [-0.05, 0) is 130 Å². The monoisotopic (exact) mass is 741 g/mol. The lowest BCUT2D eigenvalue weighted by atomic mass is 9.95. The third-order valence-electron chi connectivity index (χ3n) is 11.7. The highest BCUT2D eigenvalue weighted by atomic mass is 19.1. The lowest BCUT2D eigenvalue weighted by Crippen LogP contribution is -2.57. The lowest BCUT2D eigenvalue weighted by Gasteiger charge is -2.42. The Bertz CT molecular complexity index is 2130. The molecular weight excluding hydrogens is 689 g/mol. The molecule has 0 aliphatic carbocycles. The summed E-state index contributed by atoms with van der Waals surface area (Å²) in [7, 11) is 0. The quantitative estimate of drug-likeness (QED) is 0.201. The maximum atomic E-state index is 17.4. The van der Waals surface area contributed by atoms with Crippen molar-refractivity contribution in [1.82, 2.24) is 29.3 Å². The van der Waals surface area contributed by atoms with Gasteiger partial charge in [0, 0.05) is 36.4 Å². The highest BCUT2D eigenvalue weighted by molar-refractivity contribution is 6.02. The first-order chi connectivity index (χ1) is 25.5. The molecule has 1 aromatic carbocycles. The smallest absolute Gasteiger partial charge is 0.418 e. The first-order valence-electron chi connectivity index (χ1n) is 19.4. The first kappa shape index (κ1) is 36.5. The van der Waals surface area contributed by atoms with Gasteiger partial charge in [0.2, 0.25) is 0 Å². The Labute approximate surface area is 316 Å². The number of piperazine rings is 1. The van der Waals surface area contributed by atoms with E-state index in [4.69, 9.17) is 29.2 Å². The van der Waals surface area contributed by atoms with E-state index in [1.165, 1.54) is 4.57 Å². The van der Waals surface area contributed by atoms with E-state index < -0.39 is 23.1 Å². The summed E-state index contributed by atoms with van der Waals surface area (Å²) in [5.41, 5.74) is 1.83. The van der Waals surface area contributed by atoms with E-state index in [0.717, 1.165) is 62.7 Å². The fourth-order valence-corrected chi connectivity index (χ4v) is 9.14. The number of amides is 1. The van der Waals surface area contributed by atoms with Crippen molar-refractivity contribution in [2.24, 2.45) is 0 Å². The number of aromatic nitrogens is 4. The van der Waals surface area contributed by atoms with Gasteiger partial charge in [0.05, 0.1) is 28.5 Å².